The first-order chi connectivity index (χ1) is 12.0. The van der Waals surface area contributed by atoms with Crippen molar-refractivity contribution < 1.29 is 14.3 Å². The molecule has 0 fully saturated rings. The van der Waals surface area contributed by atoms with Crippen LogP contribution in [0.4, 0.5) is 14.9 Å². The number of rotatable bonds is 7. The first-order valence-electron chi connectivity index (χ1n) is 8.25. The lowest BCUT2D eigenvalue weighted by Crippen LogP contribution is -2.37. The average Bonchev–Trinajstić information content (AvgIpc) is 2.58. The van der Waals surface area contributed by atoms with Crippen LogP contribution in [0.3, 0.4) is 0 Å². The zero-order valence-corrected chi connectivity index (χ0v) is 14.4. The summed E-state index contributed by atoms with van der Waals surface area (Å²) in [6.07, 6.45) is -1.09. The van der Waals surface area contributed by atoms with Gasteiger partial charge in [-0.15, -0.1) is 0 Å². The van der Waals surface area contributed by atoms with Gasteiger partial charge in [-0.25, -0.2) is 9.18 Å². The van der Waals surface area contributed by atoms with Crippen LogP contribution in [0.5, 0.6) is 0 Å². The Kier molecular flexibility index (Phi) is 6.77. The van der Waals surface area contributed by atoms with Gasteiger partial charge in [0.15, 0.2) is 0 Å². The molecule has 0 radical (unpaired) electrons. The first-order valence-corrected chi connectivity index (χ1v) is 8.25. The van der Waals surface area contributed by atoms with Crippen LogP contribution in [0.2, 0.25) is 0 Å². The van der Waals surface area contributed by atoms with E-state index in [1.165, 1.54) is 12.1 Å². The number of amides is 2. The lowest BCUT2D eigenvalue weighted by Gasteiger charge is -2.14. The van der Waals surface area contributed by atoms with Gasteiger partial charge in [-0.1, -0.05) is 30.3 Å². The maximum Gasteiger partial charge on any atom is 0.315 e. The quantitative estimate of drug-likeness (QED) is 0.623. The van der Waals surface area contributed by atoms with E-state index in [2.05, 4.69) is 29.8 Å². The molecule has 0 spiro atoms. The van der Waals surface area contributed by atoms with Crippen molar-refractivity contribution in [3.63, 3.8) is 0 Å². The largest absolute Gasteiger partial charge is 0.386 e. The highest BCUT2D eigenvalue weighted by Crippen LogP contribution is 2.15. The molecule has 0 heterocycles. The Morgan fingerprint density at radius 2 is 1.88 bits per heavy atom. The Labute approximate surface area is 147 Å². The molecule has 6 heteroatoms. The maximum atomic E-state index is 13.6. The number of anilines is 1. The molecule has 0 bridgehead atoms. The molecular formula is C19H24FN3O2. The molecule has 0 aliphatic rings. The standard InChI is InChI=1S/C19H24FN3O2/c1-13(2)23-15-7-5-6-14(10-15)11-21-19(25)22-12-18(24)16-8-3-4-9-17(16)20/h3-10,13,18,23-24H,11-12H2,1-2H3,(H2,21,22,25). The minimum absolute atomic E-state index is 0.0677. The lowest BCUT2D eigenvalue weighted by atomic mass is 10.1. The number of aliphatic hydroxyl groups excluding tert-OH is 1. The van der Waals surface area contributed by atoms with Crippen LogP contribution < -0.4 is 16.0 Å². The molecule has 1 unspecified atom stereocenters. The molecule has 2 aromatic rings. The second-order valence-corrected chi connectivity index (χ2v) is 6.10. The van der Waals surface area contributed by atoms with E-state index in [-0.39, 0.29) is 12.1 Å². The van der Waals surface area contributed by atoms with E-state index in [9.17, 15) is 14.3 Å². The van der Waals surface area contributed by atoms with Gasteiger partial charge in [0, 0.05) is 30.4 Å². The summed E-state index contributed by atoms with van der Waals surface area (Å²) >= 11 is 0. The number of hydrogen-bond acceptors (Lipinski definition) is 3. The molecule has 2 aromatic carbocycles. The van der Waals surface area contributed by atoms with Gasteiger partial charge >= 0.3 is 6.03 Å². The molecule has 25 heavy (non-hydrogen) atoms. The molecule has 0 aliphatic carbocycles. The summed E-state index contributed by atoms with van der Waals surface area (Å²) in [4.78, 5) is 11.9. The molecule has 134 valence electrons. The second-order valence-electron chi connectivity index (χ2n) is 6.10. The van der Waals surface area contributed by atoms with Crippen molar-refractivity contribution in [3.8, 4) is 0 Å². The summed E-state index contributed by atoms with van der Waals surface area (Å²) in [5, 5.41) is 18.5. The van der Waals surface area contributed by atoms with Gasteiger partial charge in [0.25, 0.3) is 0 Å². The Balaban J connectivity index is 1.80. The summed E-state index contributed by atoms with van der Waals surface area (Å²) in [6.45, 7) is 4.40. The topological polar surface area (TPSA) is 73.4 Å². The summed E-state index contributed by atoms with van der Waals surface area (Å²) in [6, 6.07) is 13.6. The molecule has 0 aromatic heterocycles. The van der Waals surface area contributed by atoms with Gasteiger partial charge in [0.1, 0.15) is 5.82 Å². The van der Waals surface area contributed by atoms with E-state index >= 15 is 0 Å². The SMILES string of the molecule is CC(C)Nc1cccc(CNC(=O)NCC(O)c2ccccc2F)c1. The van der Waals surface area contributed by atoms with Crippen molar-refractivity contribution >= 4 is 11.7 Å². The Morgan fingerprint density at radius 3 is 2.60 bits per heavy atom. The summed E-state index contributed by atoms with van der Waals surface area (Å²) in [5.41, 5.74) is 2.11. The average molecular weight is 345 g/mol. The third-order valence-corrected chi connectivity index (χ3v) is 3.56. The van der Waals surface area contributed by atoms with Crippen LogP contribution >= 0.6 is 0 Å². The molecule has 2 amide bonds. The van der Waals surface area contributed by atoms with Crippen LogP contribution in [0.25, 0.3) is 0 Å². The Hall–Kier alpha value is -2.60. The zero-order valence-electron chi connectivity index (χ0n) is 14.4. The predicted molar refractivity (Wildman–Crippen MR) is 96.8 cm³/mol. The van der Waals surface area contributed by atoms with E-state index in [1.807, 2.05) is 24.3 Å². The number of benzene rings is 2. The molecule has 0 aliphatic heterocycles. The summed E-state index contributed by atoms with van der Waals surface area (Å²) < 4.78 is 13.6. The monoisotopic (exact) mass is 345 g/mol. The van der Waals surface area contributed by atoms with Gasteiger partial charge in [-0.2, -0.15) is 0 Å². The van der Waals surface area contributed by atoms with Crippen molar-refractivity contribution in [1.82, 2.24) is 10.6 Å². The van der Waals surface area contributed by atoms with Crippen molar-refractivity contribution in [2.24, 2.45) is 0 Å². The minimum Gasteiger partial charge on any atom is -0.386 e. The normalized spacial score (nSPS) is 11.9. The lowest BCUT2D eigenvalue weighted by molar-refractivity contribution is 0.169. The van der Waals surface area contributed by atoms with Crippen molar-refractivity contribution in [3.05, 3.63) is 65.5 Å². The van der Waals surface area contributed by atoms with Gasteiger partial charge in [-0.3, -0.25) is 0 Å². The number of hydrogen-bond donors (Lipinski definition) is 4. The Morgan fingerprint density at radius 1 is 1.12 bits per heavy atom. The highest BCUT2D eigenvalue weighted by atomic mass is 19.1. The van der Waals surface area contributed by atoms with Gasteiger partial charge in [-0.05, 0) is 37.6 Å². The predicted octanol–water partition coefficient (Wildman–Crippen LogP) is 3.18. The number of carbonyl (C=O) groups excluding carboxylic acids is 1. The van der Waals surface area contributed by atoms with Crippen molar-refractivity contribution in [1.29, 1.82) is 0 Å². The third-order valence-electron chi connectivity index (χ3n) is 3.56. The van der Waals surface area contributed by atoms with Crippen LogP contribution in [-0.2, 0) is 6.54 Å². The molecule has 0 saturated heterocycles. The highest BCUT2D eigenvalue weighted by molar-refractivity contribution is 5.73. The van der Waals surface area contributed by atoms with Crippen LogP contribution in [0, 0.1) is 5.82 Å². The van der Waals surface area contributed by atoms with Crippen LogP contribution in [0.15, 0.2) is 48.5 Å². The highest BCUT2D eigenvalue weighted by Gasteiger charge is 2.13. The van der Waals surface area contributed by atoms with Crippen molar-refractivity contribution in [2.75, 3.05) is 11.9 Å². The molecule has 2 rings (SSSR count). The summed E-state index contributed by atoms with van der Waals surface area (Å²) in [5.74, 6) is -0.494. The fraction of sp³-hybridized carbons (Fsp3) is 0.316. The first kappa shape index (κ1) is 18.7. The van der Waals surface area contributed by atoms with E-state index in [0.717, 1.165) is 11.3 Å². The van der Waals surface area contributed by atoms with Gasteiger partial charge < -0.3 is 21.1 Å². The van der Waals surface area contributed by atoms with E-state index in [4.69, 9.17) is 0 Å². The number of nitrogens with one attached hydrogen (secondary N) is 3. The number of halogens is 1. The molecule has 1 atom stereocenters. The zero-order chi connectivity index (χ0) is 18.2. The maximum absolute atomic E-state index is 13.6. The Bertz CT molecular complexity index is 707. The van der Waals surface area contributed by atoms with Crippen LogP contribution in [0.1, 0.15) is 31.1 Å². The molecule has 4 N–H and O–H groups in total. The number of carbonyl (C=O) groups is 1. The minimum atomic E-state index is -1.09. The smallest absolute Gasteiger partial charge is 0.315 e. The second kappa shape index (κ2) is 9.03. The molecular weight excluding hydrogens is 321 g/mol. The summed E-state index contributed by atoms with van der Waals surface area (Å²) in [7, 11) is 0. The van der Waals surface area contributed by atoms with E-state index in [0.29, 0.717) is 12.6 Å². The fourth-order valence-electron chi connectivity index (χ4n) is 2.39. The van der Waals surface area contributed by atoms with Gasteiger partial charge in [0.05, 0.1) is 6.10 Å². The van der Waals surface area contributed by atoms with Crippen molar-refractivity contribution in [2.45, 2.75) is 32.5 Å². The third kappa shape index (κ3) is 6.08. The molecule has 0 saturated carbocycles. The number of urea groups is 1. The van der Waals surface area contributed by atoms with E-state index in [1.54, 1.807) is 12.1 Å². The van der Waals surface area contributed by atoms with E-state index < -0.39 is 18.0 Å². The fourth-order valence-corrected chi connectivity index (χ4v) is 2.39. The number of aliphatic hydroxyl groups is 1. The van der Waals surface area contributed by atoms with Gasteiger partial charge in [0.2, 0.25) is 0 Å². The van der Waals surface area contributed by atoms with Crippen LogP contribution in [-0.4, -0.2) is 23.7 Å². The molecule has 5 nitrogen and oxygen atoms in total.